The highest BCUT2D eigenvalue weighted by molar-refractivity contribution is 5.94. The summed E-state index contributed by atoms with van der Waals surface area (Å²) in [6.07, 6.45) is 0.333. The van der Waals surface area contributed by atoms with Crippen LogP contribution >= 0.6 is 0 Å². The Hall–Kier alpha value is -4.94. The number of amides is 4. The lowest BCUT2D eigenvalue weighted by Crippen LogP contribution is -2.46. The number of likely N-dealkylation sites (tertiary alicyclic amines) is 1. The van der Waals surface area contributed by atoms with Gasteiger partial charge < -0.3 is 25.5 Å². The lowest BCUT2D eigenvalue weighted by atomic mass is 9.99. The van der Waals surface area contributed by atoms with E-state index in [2.05, 4.69) is 20.9 Å². The van der Waals surface area contributed by atoms with Crippen molar-refractivity contribution in [1.29, 1.82) is 5.26 Å². The average Bonchev–Trinajstić information content (AvgIpc) is 3.76. The quantitative estimate of drug-likeness (QED) is 0.339. The summed E-state index contributed by atoms with van der Waals surface area (Å²) in [5, 5.41) is 31.1. The zero-order valence-electron chi connectivity index (χ0n) is 23.5. The third kappa shape index (κ3) is 6.82. The molecule has 2 aromatic rings. The molecular formula is C28H30F2N8O6. The number of nitrogens with zero attached hydrogens (tertiary/aromatic N) is 6. The molecule has 0 spiro atoms. The molecule has 5 rings (SSSR count). The summed E-state index contributed by atoms with van der Waals surface area (Å²) in [6, 6.07) is 5.05. The number of alkyl halides is 2. The van der Waals surface area contributed by atoms with E-state index >= 15 is 0 Å². The molecular weight excluding hydrogens is 582 g/mol. The Morgan fingerprint density at radius 3 is 2.75 bits per heavy atom. The standard InChI is InChI=1S/C28H30F2N8O6/c29-28(30)8-20(9-31)38(15-28)27(44)22-6-18(26(43)33-22)7-24(40)36-11-16-2-1-3-17(21(16)14-36)12-37-13-19(34-35-37)10-32-23(39)4-5-25(41)42/h1-3,13,18,20,22H,4-8,10-12,14-15H2,(H,32,39)(H,33,43)(H,41,42)/t18-,20-,22-/m0/s1. The van der Waals surface area contributed by atoms with Gasteiger partial charge in [-0.3, -0.25) is 24.0 Å². The first-order chi connectivity index (χ1) is 20.9. The molecule has 16 heteroatoms. The van der Waals surface area contributed by atoms with Crippen LogP contribution in [0.3, 0.4) is 0 Å². The molecule has 0 unspecified atom stereocenters. The molecule has 44 heavy (non-hydrogen) atoms. The van der Waals surface area contributed by atoms with E-state index in [0.717, 1.165) is 21.6 Å². The van der Waals surface area contributed by atoms with Crippen molar-refractivity contribution >= 4 is 29.6 Å². The number of rotatable bonds is 10. The van der Waals surface area contributed by atoms with E-state index in [1.807, 2.05) is 18.2 Å². The molecule has 1 aromatic heterocycles. The van der Waals surface area contributed by atoms with Crippen LogP contribution in [0.2, 0.25) is 0 Å². The van der Waals surface area contributed by atoms with E-state index in [9.17, 15) is 38.0 Å². The van der Waals surface area contributed by atoms with Crippen molar-refractivity contribution in [1.82, 2.24) is 35.4 Å². The van der Waals surface area contributed by atoms with E-state index in [0.29, 0.717) is 25.3 Å². The third-order valence-electron chi connectivity index (χ3n) is 8.01. The molecule has 3 atom stereocenters. The van der Waals surface area contributed by atoms with E-state index in [1.54, 1.807) is 21.8 Å². The Kier molecular flexibility index (Phi) is 8.56. The first-order valence-electron chi connectivity index (χ1n) is 14.1. The maximum atomic E-state index is 13.8. The summed E-state index contributed by atoms with van der Waals surface area (Å²) in [7, 11) is 0. The highest BCUT2D eigenvalue weighted by Crippen LogP contribution is 2.34. The zero-order valence-corrected chi connectivity index (χ0v) is 23.5. The predicted octanol–water partition coefficient (Wildman–Crippen LogP) is 0.304. The van der Waals surface area contributed by atoms with Gasteiger partial charge in [-0.05, 0) is 23.1 Å². The third-order valence-corrected chi connectivity index (χ3v) is 8.01. The van der Waals surface area contributed by atoms with Crippen LogP contribution in [0.5, 0.6) is 0 Å². The number of aliphatic carboxylic acids is 1. The highest BCUT2D eigenvalue weighted by Gasteiger charge is 2.50. The second-order valence-electron chi connectivity index (χ2n) is 11.3. The minimum atomic E-state index is -3.17. The normalized spacial score (nSPS) is 21.9. The second kappa shape index (κ2) is 12.3. The topological polar surface area (TPSA) is 191 Å². The molecule has 0 bridgehead atoms. The van der Waals surface area contributed by atoms with Gasteiger partial charge in [0, 0.05) is 38.3 Å². The number of nitrogens with one attached hydrogen (secondary N) is 2. The van der Waals surface area contributed by atoms with E-state index in [4.69, 9.17) is 5.11 Å². The van der Waals surface area contributed by atoms with Gasteiger partial charge in [0.25, 0.3) is 5.92 Å². The van der Waals surface area contributed by atoms with Crippen LogP contribution in [0.25, 0.3) is 0 Å². The van der Waals surface area contributed by atoms with Crippen LogP contribution in [0.1, 0.15) is 54.5 Å². The maximum absolute atomic E-state index is 13.8. The minimum Gasteiger partial charge on any atom is -0.481 e. The zero-order chi connectivity index (χ0) is 31.6. The fourth-order valence-corrected chi connectivity index (χ4v) is 5.77. The molecule has 3 aliphatic heterocycles. The van der Waals surface area contributed by atoms with Crippen LogP contribution < -0.4 is 10.6 Å². The Morgan fingerprint density at radius 2 is 2.00 bits per heavy atom. The molecule has 0 aliphatic carbocycles. The number of aromatic nitrogens is 3. The number of fused-ring (bicyclic) bond motifs is 1. The number of halogens is 2. The van der Waals surface area contributed by atoms with Crippen molar-refractivity contribution in [2.45, 2.75) is 76.3 Å². The molecule has 3 aliphatic rings. The lowest BCUT2D eigenvalue weighted by Gasteiger charge is -2.22. The molecule has 232 valence electrons. The van der Waals surface area contributed by atoms with E-state index in [1.165, 1.54) is 0 Å². The number of carbonyl (C=O) groups is 5. The monoisotopic (exact) mass is 612 g/mol. The summed E-state index contributed by atoms with van der Waals surface area (Å²) in [6.45, 7) is 0.193. The molecule has 1 aromatic carbocycles. The second-order valence-corrected chi connectivity index (χ2v) is 11.3. The van der Waals surface area contributed by atoms with Crippen LogP contribution in [-0.4, -0.2) is 84.0 Å². The van der Waals surface area contributed by atoms with Gasteiger partial charge in [-0.25, -0.2) is 13.5 Å². The number of hydrogen-bond donors (Lipinski definition) is 3. The van der Waals surface area contributed by atoms with Gasteiger partial charge in [0.1, 0.15) is 17.8 Å². The summed E-state index contributed by atoms with van der Waals surface area (Å²) in [5.41, 5.74) is 3.26. The number of carboxylic acids is 1. The summed E-state index contributed by atoms with van der Waals surface area (Å²) in [4.78, 5) is 63.5. The van der Waals surface area contributed by atoms with Gasteiger partial charge in [0.2, 0.25) is 23.6 Å². The smallest absolute Gasteiger partial charge is 0.303 e. The van der Waals surface area contributed by atoms with Crippen molar-refractivity contribution in [3.8, 4) is 6.07 Å². The van der Waals surface area contributed by atoms with Gasteiger partial charge in [-0.15, -0.1) is 5.10 Å². The molecule has 2 fully saturated rings. The molecule has 0 saturated carbocycles. The SMILES string of the molecule is N#C[C@@H]1CC(F)(F)CN1C(=O)[C@@H]1C[C@@H](CC(=O)N2Cc3cccc(Cn4cc(CNC(=O)CCC(=O)O)nn4)c3C2)C(=O)N1. The molecule has 4 amide bonds. The fourth-order valence-electron chi connectivity index (χ4n) is 5.77. The Morgan fingerprint density at radius 1 is 1.20 bits per heavy atom. The van der Waals surface area contributed by atoms with Crippen molar-refractivity contribution in [2.75, 3.05) is 6.54 Å². The Labute approximate surface area is 250 Å². The van der Waals surface area contributed by atoms with Gasteiger partial charge in [0.15, 0.2) is 0 Å². The number of hydrogen-bond acceptors (Lipinski definition) is 8. The van der Waals surface area contributed by atoms with Crippen LogP contribution in [0.15, 0.2) is 24.4 Å². The van der Waals surface area contributed by atoms with Crippen LogP contribution in [-0.2, 0) is 50.2 Å². The molecule has 3 N–H and O–H groups in total. The van der Waals surface area contributed by atoms with Gasteiger partial charge in [-0.1, -0.05) is 23.4 Å². The van der Waals surface area contributed by atoms with Crippen molar-refractivity contribution in [3.05, 3.63) is 46.8 Å². The average molecular weight is 613 g/mol. The predicted molar refractivity (Wildman–Crippen MR) is 144 cm³/mol. The minimum absolute atomic E-state index is 0.0235. The lowest BCUT2D eigenvalue weighted by molar-refractivity contribution is -0.138. The number of nitriles is 1. The summed E-state index contributed by atoms with van der Waals surface area (Å²) < 4.78 is 29.2. The Balaban J connectivity index is 1.15. The molecule has 4 heterocycles. The van der Waals surface area contributed by atoms with E-state index in [-0.39, 0.29) is 38.1 Å². The summed E-state index contributed by atoms with van der Waals surface area (Å²) >= 11 is 0. The van der Waals surface area contributed by atoms with Gasteiger partial charge in [-0.2, -0.15) is 5.26 Å². The van der Waals surface area contributed by atoms with Crippen LogP contribution in [0.4, 0.5) is 8.78 Å². The number of benzene rings is 1. The first kappa shape index (κ1) is 30.5. The molecule has 0 radical (unpaired) electrons. The van der Waals surface area contributed by atoms with Crippen LogP contribution in [0, 0.1) is 17.2 Å². The molecule has 2 saturated heterocycles. The number of carboxylic acid groups (broad SMARTS) is 1. The van der Waals surface area contributed by atoms with Gasteiger partial charge in [0.05, 0.1) is 38.3 Å². The van der Waals surface area contributed by atoms with Gasteiger partial charge >= 0.3 is 5.97 Å². The number of carbonyl (C=O) groups excluding carboxylic acids is 4. The maximum Gasteiger partial charge on any atom is 0.303 e. The Bertz CT molecular complexity index is 1540. The van der Waals surface area contributed by atoms with Crippen molar-refractivity contribution in [3.63, 3.8) is 0 Å². The highest BCUT2D eigenvalue weighted by atomic mass is 19.3. The fraction of sp³-hybridized carbons (Fsp3) is 0.500. The summed E-state index contributed by atoms with van der Waals surface area (Å²) in [5.74, 6) is -6.98. The molecule has 14 nitrogen and oxygen atoms in total. The van der Waals surface area contributed by atoms with Crippen molar-refractivity contribution < 1.29 is 37.9 Å². The van der Waals surface area contributed by atoms with E-state index < -0.39 is 60.6 Å². The largest absolute Gasteiger partial charge is 0.481 e. The first-order valence-corrected chi connectivity index (χ1v) is 14.1. The van der Waals surface area contributed by atoms with Crippen molar-refractivity contribution in [2.24, 2.45) is 5.92 Å².